The highest BCUT2D eigenvalue weighted by Crippen LogP contribution is 2.34. The molecule has 7 aromatic carbocycles. The van der Waals surface area contributed by atoms with Gasteiger partial charge in [-0.25, -0.2) is 68.8 Å². The summed E-state index contributed by atoms with van der Waals surface area (Å²) in [5, 5.41) is 33.4. The van der Waals surface area contributed by atoms with Crippen LogP contribution >= 0.6 is 11.6 Å². The lowest BCUT2D eigenvalue weighted by Gasteiger charge is -2.14. The summed E-state index contributed by atoms with van der Waals surface area (Å²) in [4.78, 5) is 65.1. The maximum absolute atomic E-state index is 12.6. The minimum Gasteiger partial charge on any atom is -0.369 e. The fourth-order valence-electron chi connectivity index (χ4n) is 10.4. The van der Waals surface area contributed by atoms with Gasteiger partial charge in [0.25, 0.3) is 0 Å². The lowest BCUT2D eigenvalue weighted by Crippen LogP contribution is -2.28. The Hall–Kier alpha value is -11.6. The van der Waals surface area contributed by atoms with E-state index in [0.717, 1.165) is 33.4 Å². The molecule has 0 spiro atoms. The second kappa shape index (κ2) is 33.9. The van der Waals surface area contributed by atoms with E-state index in [1.165, 1.54) is 4.90 Å². The minimum absolute atomic E-state index is 0.168. The zero-order valence-corrected chi connectivity index (χ0v) is 59.6. The summed E-state index contributed by atoms with van der Waals surface area (Å²) in [6.45, 7) is 4.78. The van der Waals surface area contributed by atoms with Crippen LogP contribution in [-0.2, 0) is 30.1 Å². The first-order chi connectivity index (χ1) is 50.1. The van der Waals surface area contributed by atoms with Crippen LogP contribution in [0.15, 0.2) is 203 Å². The van der Waals surface area contributed by atoms with Crippen LogP contribution in [-0.4, -0.2) is 138 Å². The van der Waals surface area contributed by atoms with Crippen molar-refractivity contribution in [2.75, 3.05) is 113 Å². The summed E-state index contributed by atoms with van der Waals surface area (Å²) < 4.78 is 83.0. The standard InChI is InChI=1S/C26H24ClN7O3S.2C22H25N7O3S/c27-18-4-1-5-20(14-18)33-26(35)32-19-10-8-17(9-11-19)23-16-29-25-31-21-6-2-7-22(15-21)38(36,37)30-13-3-12-28-24(23)34-25;1-29(2)22(30)27-16-9-7-15(8-10-16)19-14-24-21-26-17-5-3-6-18(13-17)33(31,32)25-12-4-11-23-20(19)28-21;1-2-23-22(30)28-16-9-7-15(8-10-16)19-14-25-21-27-17-5-3-6-18(13-17)33(31,32)26-12-4-11-24-20(19)29-21/h1-2,4-11,14-16,30H,3,12-13H2,(H2,32,33,35)(H2,28,29,31,34);3,5-10,13-14,25H,4,11-12H2,1-2H3,(H,27,30)(H2,23,24,26,28);3,5-10,13-14,26H,2,4,11-12H2,1H3,(H2,23,28,30)(H2,24,25,27,29). The van der Waals surface area contributed by atoms with Crippen molar-refractivity contribution in [3.8, 4) is 33.4 Å². The first-order valence-electron chi connectivity index (χ1n) is 32.7. The van der Waals surface area contributed by atoms with Gasteiger partial charge in [-0.05, 0) is 152 Å². The Kier molecular flexibility index (Phi) is 24.0. The molecule has 30 nitrogen and oxygen atoms in total. The Morgan fingerprint density at radius 1 is 0.423 bits per heavy atom. The van der Waals surface area contributed by atoms with Gasteiger partial charge >= 0.3 is 18.1 Å². The summed E-state index contributed by atoms with van der Waals surface area (Å²) in [5.74, 6) is 2.86. The van der Waals surface area contributed by atoms with Crippen molar-refractivity contribution < 1.29 is 39.6 Å². The first-order valence-corrected chi connectivity index (χ1v) is 37.6. The van der Waals surface area contributed by atoms with Crippen LogP contribution in [0.1, 0.15) is 26.2 Å². The monoisotopic (exact) mass is 1480 g/mol. The smallest absolute Gasteiger partial charge is 0.323 e. The molecular weight excluding hydrogens is 1410 g/mol. The maximum Gasteiger partial charge on any atom is 0.323 e. The van der Waals surface area contributed by atoms with Crippen LogP contribution in [0.5, 0.6) is 0 Å². The van der Waals surface area contributed by atoms with E-state index in [9.17, 15) is 39.6 Å². The molecule has 6 amide bonds. The number of nitrogens with zero attached hydrogens (tertiary/aromatic N) is 7. The van der Waals surface area contributed by atoms with Gasteiger partial charge in [-0.2, -0.15) is 15.0 Å². The Labute approximate surface area is 606 Å². The third kappa shape index (κ3) is 20.1. The number of fused-ring (bicyclic) bond motifs is 12. The number of urea groups is 3. The third-order valence-corrected chi connectivity index (χ3v) is 20.2. The molecule has 0 aliphatic carbocycles. The second-order valence-electron chi connectivity index (χ2n) is 23.5. The number of halogens is 1. The number of carbonyl (C=O) groups excluding carboxylic acids is 3. The normalized spacial score (nSPS) is 14.8. The first kappa shape index (κ1) is 73.6. The Morgan fingerprint density at radius 2 is 0.769 bits per heavy atom. The number of aromatic nitrogens is 6. The van der Waals surface area contributed by atoms with E-state index in [0.29, 0.717) is 139 Å². The van der Waals surface area contributed by atoms with E-state index in [-0.39, 0.29) is 33.3 Å². The summed E-state index contributed by atoms with van der Waals surface area (Å²) >= 11 is 5.97. The second-order valence-corrected chi connectivity index (χ2v) is 29.2. The van der Waals surface area contributed by atoms with Crippen LogP contribution in [0.25, 0.3) is 33.4 Å². The third-order valence-electron chi connectivity index (χ3n) is 15.6. The van der Waals surface area contributed by atoms with Crippen LogP contribution in [0.3, 0.4) is 0 Å². The zero-order valence-electron chi connectivity index (χ0n) is 56.4. The Morgan fingerprint density at radius 3 is 1.12 bits per heavy atom. The summed E-state index contributed by atoms with van der Waals surface area (Å²) in [5.41, 5.74) is 9.14. The predicted molar refractivity (Wildman–Crippen MR) is 406 cm³/mol. The van der Waals surface area contributed by atoms with Gasteiger partial charge in [-0.1, -0.05) is 72.3 Å². The number of carbonyl (C=O) groups is 3. The van der Waals surface area contributed by atoms with Crippen LogP contribution in [0.2, 0.25) is 5.02 Å². The molecule has 12 bridgehead atoms. The number of sulfonamides is 3. The summed E-state index contributed by atoms with van der Waals surface area (Å²) in [6.07, 6.45) is 6.81. The van der Waals surface area contributed by atoms with Gasteiger partial charge in [-0.3, -0.25) is 0 Å². The fraction of sp³-hybridized carbons (Fsp3) is 0.186. The van der Waals surface area contributed by atoms with E-state index >= 15 is 0 Å². The van der Waals surface area contributed by atoms with Gasteiger partial charge in [-0.15, -0.1) is 0 Å². The van der Waals surface area contributed by atoms with Crippen molar-refractivity contribution in [2.24, 2.45) is 0 Å². The highest BCUT2D eigenvalue weighted by Gasteiger charge is 2.21. The van der Waals surface area contributed by atoms with E-state index in [1.807, 2.05) is 67.6 Å². The SMILES string of the molecule is CCNC(=O)Nc1ccc(-c2cnc3nc2NCCCNS(=O)(=O)c2cccc(c2)N3)cc1.CN(C)C(=O)Nc1ccc(-c2cnc3nc2NCCCNS(=O)(=O)c2cccc(c2)N3)cc1.O=C(Nc1ccc(-c2cnc3nc2NCCCNS(=O)(=O)c2cccc(c2)N3)cc1)Nc1cccc(Cl)c1. The minimum atomic E-state index is -3.62. The molecule has 0 fully saturated rings. The van der Waals surface area contributed by atoms with Gasteiger partial charge in [0.05, 0.1) is 14.7 Å². The van der Waals surface area contributed by atoms with Gasteiger partial charge in [0.1, 0.15) is 17.5 Å². The lowest BCUT2D eigenvalue weighted by atomic mass is 10.1. The molecule has 0 radical (unpaired) electrons. The molecule has 14 N–H and O–H groups in total. The molecule has 0 atom stereocenters. The zero-order chi connectivity index (χ0) is 73.2. The largest absolute Gasteiger partial charge is 0.369 e. The van der Waals surface area contributed by atoms with E-state index in [4.69, 9.17) is 11.6 Å². The Bertz CT molecular complexity index is 5090. The quantitative estimate of drug-likeness (QED) is 0.0672. The van der Waals surface area contributed by atoms with Gasteiger partial charge < -0.3 is 63.4 Å². The topological polar surface area (TPSA) is 403 Å². The molecule has 0 unspecified atom stereocenters. The van der Waals surface area contributed by atoms with E-state index in [1.54, 1.807) is 142 Å². The number of anilines is 13. The molecule has 104 heavy (non-hydrogen) atoms. The van der Waals surface area contributed by atoms with Gasteiger partial charge in [0, 0.05) is 140 Å². The molecule has 6 heterocycles. The lowest BCUT2D eigenvalue weighted by molar-refractivity contribution is 0.230. The van der Waals surface area contributed by atoms with Gasteiger partial charge in [0.15, 0.2) is 0 Å². The average molecular weight is 1490 g/mol. The molecule has 34 heteroatoms. The van der Waals surface area contributed by atoms with Crippen LogP contribution in [0, 0.1) is 0 Å². The van der Waals surface area contributed by atoms with Crippen molar-refractivity contribution in [1.82, 2.24) is 54.3 Å². The molecular formula is C70H74ClN21O9S3. The number of benzene rings is 7. The average Bonchev–Trinajstić information content (AvgIpc) is 1.25. The van der Waals surface area contributed by atoms with E-state index in [2.05, 4.69) is 103 Å². The molecule has 3 aliphatic heterocycles. The number of hydrogen-bond donors (Lipinski definition) is 14. The highest BCUT2D eigenvalue weighted by molar-refractivity contribution is 7.90. The number of hydrogen-bond acceptors (Lipinski definition) is 21. The molecule has 13 rings (SSSR count). The van der Waals surface area contributed by atoms with E-state index < -0.39 is 36.1 Å². The molecule has 3 aliphatic rings. The van der Waals surface area contributed by atoms with Crippen molar-refractivity contribution in [3.63, 3.8) is 0 Å². The Balaban J connectivity index is 0.000000157. The predicted octanol–water partition coefficient (Wildman–Crippen LogP) is 11.5. The molecule has 3 aromatic heterocycles. The van der Waals surface area contributed by atoms with Crippen molar-refractivity contribution >= 4 is 135 Å². The summed E-state index contributed by atoms with van der Waals surface area (Å²) in [6, 6.07) is 47.6. The van der Waals surface area contributed by atoms with Crippen LogP contribution < -0.4 is 72.7 Å². The molecule has 538 valence electrons. The van der Waals surface area contributed by atoms with Crippen molar-refractivity contribution in [2.45, 2.75) is 40.9 Å². The molecule has 0 saturated heterocycles. The fourth-order valence-corrected chi connectivity index (χ4v) is 13.9. The number of amides is 6. The molecule has 10 aromatic rings. The number of nitrogens with one attached hydrogen (secondary N) is 14. The van der Waals surface area contributed by atoms with Crippen LogP contribution in [0.4, 0.5) is 89.5 Å². The van der Waals surface area contributed by atoms with Crippen molar-refractivity contribution in [3.05, 3.63) is 193 Å². The molecule has 0 saturated carbocycles. The van der Waals surface area contributed by atoms with Gasteiger partial charge in [0.2, 0.25) is 47.9 Å². The highest BCUT2D eigenvalue weighted by atomic mass is 35.5. The number of rotatable bonds is 8. The summed E-state index contributed by atoms with van der Waals surface area (Å²) in [7, 11) is -7.46. The van der Waals surface area contributed by atoms with Crippen molar-refractivity contribution in [1.29, 1.82) is 0 Å². The maximum atomic E-state index is 12.6.